The lowest BCUT2D eigenvalue weighted by Gasteiger charge is -2.24. The SMILES string of the molecule is CCN(CC)C[C@H]1CCN([C@H](C)c2nc(C(C)(C)C)no2)C1. The van der Waals surface area contributed by atoms with Gasteiger partial charge in [-0.1, -0.05) is 39.8 Å². The second-order valence-corrected chi connectivity index (χ2v) is 7.52. The van der Waals surface area contributed by atoms with E-state index in [9.17, 15) is 0 Å². The second-order valence-electron chi connectivity index (χ2n) is 7.52. The van der Waals surface area contributed by atoms with Crippen LogP contribution in [0.2, 0.25) is 0 Å². The number of aromatic nitrogens is 2. The quantitative estimate of drug-likeness (QED) is 0.808. The van der Waals surface area contributed by atoms with E-state index in [4.69, 9.17) is 4.52 Å². The van der Waals surface area contributed by atoms with Gasteiger partial charge in [0.2, 0.25) is 5.89 Å². The number of hydrogen-bond donors (Lipinski definition) is 0. The maximum absolute atomic E-state index is 5.51. The van der Waals surface area contributed by atoms with Crippen molar-refractivity contribution in [2.24, 2.45) is 5.92 Å². The molecule has 2 rings (SSSR count). The molecule has 2 atom stereocenters. The van der Waals surface area contributed by atoms with Gasteiger partial charge in [-0.05, 0) is 38.9 Å². The Kier molecular flexibility index (Phi) is 5.61. The summed E-state index contributed by atoms with van der Waals surface area (Å²) in [6.07, 6.45) is 1.26. The molecule has 0 N–H and O–H groups in total. The Morgan fingerprint density at radius 3 is 2.55 bits per heavy atom. The average Bonchev–Trinajstić information content (AvgIpc) is 3.12. The molecule has 0 saturated carbocycles. The van der Waals surface area contributed by atoms with Crippen LogP contribution in [0.3, 0.4) is 0 Å². The summed E-state index contributed by atoms with van der Waals surface area (Å²) in [7, 11) is 0. The standard InChI is InChI=1S/C17H32N4O/c1-7-20(8-2)11-14-9-10-21(12-14)13(3)15-18-16(19-22-15)17(4,5)6/h13-14H,7-12H2,1-6H3/t13-,14-/m1/s1. The van der Waals surface area contributed by atoms with Crippen LogP contribution in [0.15, 0.2) is 4.52 Å². The molecule has 0 aliphatic carbocycles. The van der Waals surface area contributed by atoms with Crippen LogP contribution in [0.1, 0.15) is 65.7 Å². The van der Waals surface area contributed by atoms with Gasteiger partial charge in [0, 0.05) is 18.5 Å². The minimum absolute atomic E-state index is 0.0578. The molecule has 0 unspecified atom stereocenters. The summed E-state index contributed by atoms with van der Waals surface area (Å²) >= 11 is 0. The van der Waals surface area contributed by atoms with Crippen molar-refractivity contribution >= 4 is 0 Å². The van der Waals surface area contributed by atoms with Crippen LogP contribution in [0, 0.1) is 5.92 Å². The number of hydrogen-bond acceptors (Lipinski definition) is 5. The van der Waals surface area contributed by atoms with Crippen LogP contribution in [-0.4, -0.2) is 52.7 Å². The molecule has 0 spiro atoms. The molecule has 2 heterocycles. The van der Waals surface area contributed by atoms with E-state index >= 15 is 0 Å². The van der Waals surface area contributed by atoms with E-state index < -0.39 is 0 Å². The smallest absolute Gasteiger partial charge is 0.243 e. The maximum Gasteiger partial charge on any atom is 0.243 e. The molecule has 1 aromatic heterocycles. The molecule has 1 aliphatic rings. The molecule has 5 nitrogen and oxygen atoms in total. The van der Waals surface area contributed by atoms with Crippen LogP contribution < -0.4 is 0 Å². The molecule has 1 aromatic rings. The highest BCUT2D eigenvalue weighted by molar-refractivity contribution is 5.02. The van der Waals surface area contributed by atoms with Crippen LogP contribution in [0.25, 0.3) is 0 Å². The first-order chi connectivity index (χ1) is 10.3. The summed E-state index contributed by atoms with van der Waals surface area (Å²) in [5.74, 6) is 2.31. The van der Waals surface area contributed by atoms with Crippen LogP contribution in [0.4, 0.5) is 0 Å². The van der Waals surface area contributed by atoms with Crippen molar-refractivity contribution in [3.05, 3.63) is 11.7 Å². The van der Waals surface area contributed by atoms with E-state index in [1.54, 1.807) is 0 Å². The van der Waals surface area contributed by atoms with Gasteiger partial charge >= 0.3 is 0 Å². The first-order valence-corrected chi connectivity index (χ1v) is 8.65. The van der Waals surface area contributed by atoms with E-state index in [1.165, 1.54) is 13.0 Å². The molecule has 0 radical (unpaired) electrons. The van der Waals surface area contributed by atoms with Crippen LogP contribution in [0.5, 0.6) is 0 Å². The molecule has 126 valence electrons. The highest BCUT2D eigenvalue weighted by Crippen LogP contribution is 2.28. The van der Waals surface area contributed by atoms with Crippen LogP contribution >= 0.6 is 0 Å². The Balaban J connectivity index is 1.94. The van der Waals surface area contributed by atoms with Crippen molar-refractivity contribution in [1.29, 1.82) is 0 Å². The Labute approximate surface area is 135 Å². The largest absolute Gasteiger partial charge is 0.338 e. The maximum atomic E-state index is 5.51. The highest BCUT2D eigenvalue weighted by atomic mass is 16.5. The van der Waals surface area contributed by atoms with Crippen LogP contribution in [-0.2, 0) is 5.41 Å². The lowest BCUT2D eigenvalue weighted by Crippen LogP contribution is -2.31. The zero-order valence-electron chi connectivity index (χ0n) is 15.1. The topological polar surface area (TPSA) is 45.4 Å². The van der Waals surface area contributed by atoms with Crippen molar-refractivity contribution in [2.45, 2.75) is 59.4 Å². The summed E-state index contributed by atoms with van der Waals surface area (Å²) in [4.78, 5) is 9.61. The van der Waals surface area contributed by atoms with E-state index in [0.29, 0.717) is 0 Å². The molecule has 0 aromatic carbocycles. The summed E-state index contributed by atoms with van der Waals surface area (Å²) < 4.78 is 5.51. The highest BCUT2D eigenvalue weighted by Gasteiger charge is 2.31. The first kappa shape index (κ1) is 17.4. The second kappa shape index (κ2) is 7.09. The molecule has 0 bridgehead atoms. The van der Waals surface area contributed by atoms with Gasteiger partial charge in [0.1, 0.15) is 0 Å². The van der Waals surface area contributed by atoms with Gasteiger partial charge in [0.25, 0.3) is 0 Å². The van der Waals surface area contributed by atoms with Crippen molar-refractivity contribution in [1.82, 2.24) is 19.9 Å². The number of rotatable bonds is 6. The zero-order valence-corrected chi connectivity index (χ0v) is 15.1. The zero-order chi connectivity index (χ0) is 16.3. The molecular weight excluding hydrogens is 276 g/mol. The average molecular weight is 308 g/mol. The molecular formula is C17H32N4O. The summed E-state index contributed by atoms with van der Waals surface area (Å²) in [6, 6.07) is 0.213. The van der Waals surface area contributed by atoms with E-state index in [1.807, 2.05) is 0 Å². The van der Waals surface area contributed by atoms with E-state index in [2.05, 4.69) is 61.5 Å². The molecule has 22 heavy (non-hydrogen) atoms. The molecule has 5 heteroatoms. The Hall–Kier alpha value is -0.940. The minimum Gasteiger partial charge on any atom is -0.338 e. The van der Waals surface area contributed by atoms with Crippen molar-refractivity contribution in [3.63, 3.8) is 0 Å². The van der Waals surface area contributed by atoms with E-state index in [-0.39, 0.29) is 11.5 Å². The van der Waals surface area contributed by atoms with Gasteiger partial charge in [-0.15, -0.1) is 0 Å². The Bertz CT molecular complexity index is 461. The van der Waals surface area contributed by atoms with Gasteiger partial charge < -0.3 is 9.42 Å². The third-order valence-corrected chi connectivity index (χ3v) is 4.75. The fourth-order valence-electron chi connectivity index (χ4n) is 3.08. The van der Waals surface area contributed by atoms with Gasteiger partial charge in [0.15, 0.2) is 5.82 Å². The number of nitrogens with zero attached hydrogens (tertiary/aromatic N) is 4. The molecule has 1 saturated heterocycles. The third-order valence-electron chi connectivity index (χ3n) is 4.75. The molecule has 1 aliphatic heterocycles. The monoisotopic (exact) mass is 308 g/mol. The fraction of sp³-hybridized carbons (Fsp3) is 0.882. The fourth-order valence-corrected chi connectivity index (χ4v) is 3.08. The lowest BCUT2D eigenvalue weighted by molar-refractivity contribution is 0.191. The predicted molar refractivity (Wildman–Crippen MR) is 88.9 cm³/mol. The van der Waals surface area contributed by atoms with Gasteiger partial charge in [-0.2, -0.15) is 4.98 Å². The van der Waals surface area contributed by atoms with E-state index in [0.717, 1.165) is 43.8 Å². The summed E-state index contributed by atoms with van der Waals surface area (Å²) in [5.41, 5.74) is -0.0578. The van der Waals surface area contributed by atoms with Crippen molar-refractivity contribution < 1.29 is 4.52 Å². The molecule has 1 fully saturated rings. The summed E-state index contributed by atoms with van der Waals surface area (Å²) in [6.45, 7) is 18.7. The Morgan fingerprint density at radius 1 is 1.32 bits per heavy atom. The summed E-state index contributed by atoms with van der Waals surface area (Å²) in [5, 5.41) is 4.15. The van der Waals surface area contributed by atoms with Gasteiger partial charge in [-0.3, -0.25) is 4.90 Å². The predicted octanol–water partition coefficient (Wildman–Crippen LogP) is 3.09. The minimum atomic E-state index is -0.0578. The van der Waals surface area contributed by atoms with Crippen molar-refractivity contribution in [2.75, 3.05) is 32.7 Å². The van der Waals surface area contributed by atoms with Gasteiger partial charge in [-0.25, -0.2) is 0 Å². The normalized spacial score (nSPS) is 21.7. The lowest BCUT2D eigenvalue weighted by atomic mass is 9.96. The Morgan fingerprint density at radius 2 is 2.00 bits per heavy atom. The first-order valence-electron chi connectivity index (χ1n) is 8.65. The third kappa shape index (κ3) is 4.07. The number of likely N-dealkylation sites (tertiary alicyclic amines) is 1. The van der Waals surface area contributed by atoms with Crippen molar-refractivity contribution in [3.8, 4) is 0 Å². The van der Waals surface area contributed by atoms with Gasteiger partial charge in [0.05, 0.1) is 6.04 Å². The molecule has 0 amide bonds.